The van der Waals surface area contributed by atoms with Gasteiger partial charge in [0, 0.05) is 33.2 Å². The summed E-state index contributed by atoms with van der Waals surface area (Å²) in [5.41, 5.74) is 4.87. The number of carbonyl (C=O) groups is 1. The molecule has 1 unspecified atom stereocenters. The molecule has 1 fully saturated rings. The summed E-state index contributed by atoms with van der Waals surface area (Å²) in [6, 6.07) is 13.0. The summed E-state index contributed by atoms with van der Waals surface area (Å²) in [7, 11) is 3.73. The third kappa shape index (κ3) is 11.1. The van der Waals surface area contributed by atoms with Crippen molar-refractivity contribution in [3.8, 4) is 0 Å². The lowest BCUT2D eigenvalue weighted by atomic mass is 9.98. The minimum absolute atomic E-state index is 0.0552. The van der Waals surface area contributed by atoms with Gasteiger partial charge in [0.1, 0.15) is 5.82 Å². The fourth-order valence-corrected chi connectivity index (χ4v) is 5.71. The molecule has 41 heavy (non-hydrogen) atoms. The van der Waals surface area contributed by atoms with Crippen LogP contribution in [0.4, 0.5) is 5.82 Å². The fourth-order valence-electron chi connectivity index (χ4n) is 5.71. The minimum Gasteiger partial charge on any atom is -0.358 e. The highest BCUT2D eigenvalue weighted by molar-refractivity contribution is 5.81. The van der Waals surface area contributed by atoms with Gasteiger partial charge in [-0.25, -0.2) is 4.98 Å². The highest BCUT2D eigenvalue weighted by Gasteiger charge is 2.22. The van der Waals surface area contributed by atoms with E-state index < -0.39 is 0 Å². The molecule has 0 radical (unpaired) electrons. The van der Waals surface area contributed by atoms with Gasteiger partial charge in [-0.2, -0.15) is 0 Å². The van der Waals surface area contributed by atoms with Gasteiger partial charge in [0.15, 0.2) is 0 Å². The van der Waals surface area contributed by atoms with Crippen LogP contribution in [0.25, 0.3) is 6.08 Å². The van der Waals surface area contributed by atoms with Gasteiger partial charge in [0.2, 0.25) is 5.91 Å². The number of nitrogens with zero attached hydrogens (tertiary/aromatic N) is 3. The third-order valence-electron chi connectivity index (χ3n) is 8.17. The van der Waals surface area contributed by atoms with Crippen molar-refractivity contribution < 1.29 is 4.79 Å². The Morgan fingerprint density at radius 2 is 1.85 bits per heavy atom. The van der Waals surface area contributed by atoms with E-state index in [-0.39, 0.29) is 11.9 Å². The number of allylic oxidation sites excluding steroid dienone is 1. The molecular weight excluding hydrogens is 506 g/mol. The lowest BCUT2D eigenvalue weighted by Gasteiger charge is -2.28. The van der Waals surface area contributed by atoms with Gasteiger partial charge in [-0.3, -0.25) is 9.69 Å². The van der Waals surface area contributed by atoms with Gasteiger partial charge in [-0.1, -0.05) is 62.3 Å². The van der Waals surface area contributed by atoms with Crippen molar-refractivity contribution >= 4 is 17.8 Å². The van der Waals surface area contributed by atoms with Crippen LogP contribution in [0.15, 0.2) is 55.6 Å². The van der Waals surface area contributed by atoms with Gasteiger partial charge < -0.3 is 15.5 Å². The van der Waals surface area contributed by atoms with Crippen LogP contribution in [0.5, 0.6) is 0 Å². The molecule has 6 nitrogen and oxygen atoms in total. The highest BCUT2D eigenvalue weighted by Crippen LogP contribution is 2.20. The van der Waals surface area contributed by atoms with E-state index in [1.807, 2.05) is 19.2 Å². The number of hydrogen-bond acceptors (Lipinski definition) is 5. The number of aryl methyl sites for hydroxylation is 1. The Labute approximate surface area is 249 Å². The number of carbonyl (C=O) groups excluding carboxylic acids is 1. The Hall–Kier alpha value is -2.96. The Balaban J connectivity index is 1.34. The van der Waals surface area contributed by atoms with E-state index in [1.54, 1.807) is 7.05 Å². The molecule has 2 heterocycles. The molecule has 3 rings (SSSR count). The summed E-state index contributed by atoms with van der Waals surface area (Å²) in [6.07, 6.45) is 16.5. The summed E-state index contributed by atoms with van der Waals surface area (Å²) in [5, 5.41) is 6.40. The van der Waals surface area contributed by atoms with Crippen LogP contribution in [-0.2, 0) is 24.3 Å². The van der Waals surface area contributed by atoms with Crippen LogP contribution in [0.1, 0.15) is 86.6 Å². The predicted octanol–water partition coefficient (Wildman–Crippen LogP) is 6.51. The van der Waals surface area contributed by atoms with Crippen LogP contribution in [-0.4, -0.2) is 55.6 Å². The van der Waals surface area contributed by atoms with Gasteiger partial charge in [-0.05, 0) is 93.8 Å². The second-order valence-corrected chi connectivity index (χ2v) is 11.4. The molecule has 6 heteroatoms. The number of pyridine rings is 1. The number of hydrogen-bond donors (Lipinski definition) is 2. The van der Waals surface area contributed by atoms with Crippen molar-refractivity contribution in [3.05, 3.63) is 78.0 Å². The molecule has 1 amide bonds. The first-order valence-corrected chi connectivity index (χ1v) is 15.7. The molecule has 0 aliphatic carbocycles. The van der Waals surface area contributed by atoms with Crippen molar-refractivity contribution in [2.45, 2.75) is 89.8 Å². The second kappa shape index (κ2) is 18.5. The molecule has 1 saturated heterocycles. The number of likely N-dealkylation sites (N-methyl/N-ethyl adjacent to an activating group) is 2. The van der Waals surface area contributed by atoms with E-state index in [0.29, 0.717) is 0 Å². The molecule has 1 atom stereocenters. The smallest absolute Gasteiger partial charge is 0.237 e. The molecule has 0 saturated carbocycles. The number of amides is 1. The molecule has 0 bridgehead atoms. The fraction of sp³-hybridized carbons (Fsp3) is 0.543. The molecule has 224 valence electrons. The summed E-state index contributed by atoms with van der Waals surface area (Å²) in [6.45, 7) is 12.7. The number of aromatic nitrogens is 1. The standard InChI is InChI=1S/C35H53N5O/c1-5-7-19-33(35(41)36-3)39(4)28-31-26-29(21-22-30(31)6-2)17-12-9-8-10-13-23-37-27-32-18-16-20-34(38-32)40-24-14-11-15-25-40/h5-6,16,18,20-22,26,33,37H,1-2,7-15,17,19,23-25,27-28H2,3-4H3,(H,36,41). The minimum atomic E-state index is -0.171. The van der Waals surface area contributed by atoms with Crippen molar-refractivity contribution in [1.29, 1.82) is 0 Å². The van der Waals surface area contributed by atoms with Gasteiger partial charge >= 0.3 is 0 Å². The Morgan fingerprint density at radius 3 is 2.61 bits per heavy atom. The van der Waals surface area contributed by atoms with E-state index in [1.165, 1.54) is 62.5 Å². The molecule has 1 aromatic heterocycles. The average molecular weight is 560 g/mol. The first-order valence-electron chi connectivity index (χ1n) is 15.7. The molecule has 1 aliphatic rings. The monoisotopic (exact) mass is 559 g/mol. The zero-order valence-corrected chi connectivity index (χ0v) is 25.7. The zero-order chi connectivity index (χ0) is 29.3. The molecular formula is C35H53N5O. The summed E-state index contributed by atoms with van der Waals surface area (Å²) in [5.74, 6) is 1.19. The summed E-state index contributed by atoms with van der Waals surface area (Å²) in [4.78, 5) is 21.9. The van der Waals surface area contributed by atoms with Gasteiger partial charge in [-0.15, -0.1) is 6.58 Å². The largest absolute Gasteiger partial charge is 0.358 e. The quantitative estimate of drug-likeness (QED) is 0.152. The van der Waals surface area contributed by atoms with E-state index in [9.17, 15) is 4.79 Å². The number of anilines is 1. The first kappa shape index (κ1) is 32.6. The topological polar surface area (TPSA) is 60.5 Å². The van der Waals surface area contributed by atoms with E-state index in [2.05, 4.69) is 70.0 Å². The lowest BCUT2D eigenvalue weighted by Crippen LogP contribution is -2.43. The number of rotatable bonds is 19. The van der Waals surface area contributed by atoms with Crippen molar-refractivity contribution in [1.82, 2.24) is 20.5 Å². The number of unbranched alkanes of at least 4 members (excludes halogenated alkanes) is 4. The van der Waals surface area contributed by atoms with E-state index >= 15 is 0 Å². The van der Waals surface area contributed by atoms with Gasteiger partial charge in [0.25, 0.3) is 0 Å². The Morgan fingerprint density at radius 1 is 1.07 bits per heavy atom. The Bertz CT molecular complexity index is 1080. The zero-order valence-electron chi connectivity index (χ0n) is 25.7. The van der Waals surface area contributed by atoms with E-state index in [0.717, 1.165) is 69.1 Å². The summed E-state index contributed by atoms with van der Waals surface area (Å²) < 4.78 is 0. The summed E-state index contributed by atoms with van der Waals surface area (Å²) >= 11 is 0. The lowest BCUT2D eigenvalue weighted by molar-refractivity contribution is -0.125. The highest BCUT2D eigenvalue weighted by atomic mass is 16.2. The number of nitrogens with one attached hydrogen (secondary N) is 2. The van der Waals surface area contributed by atoms with Crippen molar-refractivity contribution in [2.75, 3.05) is 38.6 Å². The maximum Gasteiger partial charge on any atom is 0.237 e. The SMILES string of the molecule is C=CCCC(C(=O)NC)N(C)Cc1cc(CCCCCCCNCc2cccc(N3CCCCC3)n2)ccc1C=C. The van der Waals surface area contributed by atoms with Crippen LogP contribution in [0.2, 0.25) is 0 Å². The third-order valence-corrected chi connectivity index (χ3v) is 8.17. The molecule has 1 aromatic carbocycles. The molecule has 2 N–H and O–H groups in total. The van der Waals surface area contributed by atoms with Crippen LogP contribution < -0.4 is 15.5 Å². The molecule has 0 spiro atoms. The number of benzene rings is 1. The molecule has 1 aliphatic heterocycles. The number of piperidine rings is 1. The van der Waals surface area contributed by atoms with Crippen LogP contribution in [0, 0.1) is 0 Å². The maximum absolute atomic E-state index is 12.5. The van der Waals surface area contributed by atoms with Crippen LogP contribution in [0.3, 0.4) is 0 Å². The first-order chi connectivity index (χ1) is 20.0. The van der Waals surface area contributed by atoms with Crippen molar-refractivity contribution in [2.24, 2.45) is 0 Å². The van der Waals surface area contributed by atoms with Gasteiger partial charge in [0.05, 0.1) is 11.7 Å². The van der Waals surface area contributed by atoms with E-state index in [4.69, 9.17) is 4.98 Å². The maximum atomic E-state index is 12.5. The normalized spacial score (nSPS) is 14.2. The molecule has 2 aromatic rings. The Kier molecular flexibility index (Phi) is 14.7. The van der Waals surface area contributed by atoms with Crippen LogP contribution >= 0.6 is 0 Å². The average Bonchev–Trinajstić information content (AvgIpc) is 3.01. The van der Waals surface area contributed by atoms with Crippen molar-refractivity contribution in [3.63, 3.8) is 0 Å². The predicted molar refractivity (Wildman–Crippen MR) is 174 cm³/mol. The second-order valence-electron chi connectivity index (χ2n) is 11.4.